The maximum Gasteiger partial charge on any atom is 0.320 e. The Morgan fingerprint density at radius 1 is 1.27 bits per heavy atom. The molecule has 2 nitrogen and oxygen atoms in total. The van der Waals surface area contributed by atoms with E-state index >= 15 is 0 Å². The highest BCUT2D eigenvalue weighted by molar-refractivity contribution is 8.02. The fourth-order valence-corrected chi connectivity index (χ4v) is 4.87. The summed E-state index contributed by atoms with van der Waals surface area (Å²) >= 11 is 1.78. The minimum absolute atomic E-state index is 0.348. The van der Waals surface area contributed by atoms with Crippen molar-refractivity contribution in [2.24, 2.45) is 5.92 Å². The van der Waals surface area contributed by atoms with E-state index in [0.717, 1.165) is 19.3 Å². The van der Waals surface area contributed by atoms with Crippen LogP contribution in [0.2, 0.25) is 0 Å². The molecule has 3 heteroatoms. The van der Waals surface area contributed by atoms with Gasteiger partial charge in [-0.3, -0.25) is 4.79 Å². The van der Waals surface area contributed by atoms with E-state index in [-0.39, 0.29) is 0 Å². The van der Waals surface area contributed by atoms with Crippen molar-refractivity contribution in [1.29, 1.82) is 0 Å². The number of carbonyl (C=O) groups is 1. The third kappa shape index (κ3) is 2.03. The molecule has 0 saturated heterocycles. The Hall–Kier alpha value is -0.180. The highest BCUT2D eigenvalue weighted by Crippen LogP contribution is 2.50. The number of hydrogen-bond acceptors (Lipinski definition) is 2. The van der Waals surface area contributed by atoms with Crippen LogP contribution in [0.15, 0.2) is 0 Å². The molecule has 0 aromatic rings. The third-order valence-electron chi connectivity index (χ3n) is 4.02. The Morgan fingerprint density at radius 2 is 1.93 bits per heavy atom. The second-order valence-corrected chi connectivity index (χ2v) is 6.64. The van der Waals surface area contributed by atoms with Gasteiger partial charge in [-0.25, -0.2) is 0 Å². The summed E-state index contributed by atoms with van der Waals surface area (Å²) in [5, 5.41) is 10.1. The number of thioether (sulfide) groups is 1. The first-order valence-electron chi connectivity index (χ1n) is 6.06. The summed E-state index contributed by atoms with van der Waals surface area (Å²) in [4.78, 5) is 11.5. The predicted octanol–water partition coefficient (Wildman–Crippen LogP) is 3.31. The number of rotatable bonds is 3. The van der Waals surface area contributed by atoms with Gasteiger partial charge in [0, 0.05) is 5.25 Å². The molecule has 2 unspecified atom stereocenters. The van der Waals surface area contributed by atoms with E-state index in [0.29, 0.717) is 11.2 Å². The Morgan fingerprint density at radius 3 is 2.40 bits per heavy atom. The molecule has 0 radical (unpaired) electrons. The van der Waals surface area contributed by atoms with Crippen molar-refractivity contribution in [2.45, 2.75) is 61.9 Å². The number of aliphatic carboxylic acids is 1. The molecule has 0 spiro atoms. The summed E-state index contributed by atoms with van der Waals surface area (Å²) in [5.74, 6) is -0.218. The van der Waals surface area contributed by atoms with Crippen molar-refractivity contribution in [2.75, 3.05) is 0 Å². The second-order valence-electron chi connectivity index (χ2n) is 5.01. The molecule has 15 heavy (non-hydrogen) atoms. The van der Waals surface area contributed by atoms with E-state index in [2.05, 4.69) is 6.92 Å². The largest absolute Gasteiger partial charge is 0.480 e. The monoisotopic (exact) mass is 228 g/mol. The Balaban J connectivity index is 2.08. The molecule has 0 amide bonds. The zero-order valence-corrected chi connectivity index (χ0v) is 10.2. The summed E-state index contributed by atoms with van der Waals surface area (Å²) in [6.07, 6.45) is 8.10. The first kappa shape index (κ1) is 11.3. The van der Waals surface area contributed by atoms with E-state index in [1.54, 1.807) is 11.8 Å². The number of hydrogen-bond donors (Lipinski definition) is 1. The van der Waals surface area contributed by atoms with E-state index in [9.17, 15) is 9.90 Å². The van der Waals surface area contributed by atoms with Gasteiger partial charge >= 0.3 is 5.97 Å². The smallest absolute Gasteiger partial charge is 0.320 e. The molecule has 2 aliphatic carbocycles. The summed E-state index contributed by atoms with van der Waals surface area (Å²) in [7, 11) is 0. The standard InChI is InChI=1S/C12H20O2S/c1-9-5-4-8-12(9,11(13)14)15-10-6-2-3-7-10/h9-10H,2-8H2,1H3,(H,13,14). The molecule has 2 aliphatic rings. The number of carboxylic acids is 1. The minimum atomic E-state index is -0.565. The second kappa shape index (κ2) is 4.36. The summed E-state index contributed by atoms with van der Waals surface area (Å²) in [6.45, 7) is 2.11. The van der Waals surface area contributed by atoms with Gasteiger partial charge in [-0.2, -0.15) is 0 Å². The van der Waals surface area contributed by atoms with Crippen LogP contribution in [0, 0.1) is 5.92 Å². The molecule has 0 aliphatic heterocycles. The van der Waals surface area contributed by atoms with E-state index in [1.165, 1.54) is 25.7 Å². The average molecular weight is 228 g/mol. The van der Waals surface area contributed by atoms with Gasteiger partial charge in [0.15, 0.2) is 0 Å². The van der Waals surface area contributed by atoms with Crippen LogP contribution in [0.5, 0.6) is 0 Å². The SMILES string of the molecule is CC1CCCC1(SC1CCCC1)C(=O)O. The van der Waals surface area contributed by atoms with Crippen LogP contribution in [0.1, 0.15) is 51.9 Å². The molecule has 0 bridgehead atoms. The molecule has 1 N–H and O–H groups in total. The van der Waals surface area contributed by atoms with Crippen LogP contribution in [-0.2, 0) is 4.79 Å². The van der Waals surface area contributed by atoms with Crippen LogP contribution in [0.4, 0.5) is 0 Å². The van der Waals surface area contributed by atoms with Gasteiger partial charge in [-0.15, -0.1) is 11.8 Å². The minimum Gasteiger partial charge on any atom is -0.480 e. The van der Waals surface area contributed by atoms with E-state index < -0.39 is 10.7 Å². The van der Waals surface area contributed by atoms with Gasteiger partial charge in [-0.1, -0.05) is 26.2 Å². The van der Waals surface area contributed by atoms with Gasteiger partial charge < -0.3 is 5.11 Å². The topological polar surface area (TPSA) is 37.3 Å². The highest BCUT2D eigenvalue weighted by atomic mass is 32.2. The maximum absolute atomic E-state index is 11.5. The van der Waals surface area contributed by atoms with Gasteiger partial charge in [0.25, 0.3) is 0 Å². The lowest BCUT2D eigenvalue weighted by molar-refractivity contribution is -0.140. The molecular weight excluding hydrogens is 208 g/mol. The van der Waals surface area contributed by atoms with Crippen molar-refractivity contribution in [3.63, 3.8) is 0 Å². The third-order valence-corrected chi connectivity index (χ3v) is 6.03. The van der Waals surface area contributed by atoms with Crippen LogP contribution >= 0.6 is 11.8 Å². The molecule has 2 saturated carbocycles. The molecule has 0 aromatic heterocycles. The average Bonchev–Trinajstić information content (AvgIpc) is 2.78. The predicted molar refractivity (Wildman–Crippen MR) is 63.2 cm³/mol. The summed E-state index contributed by atoms with van der Waals surface area (Å²) in [5.41, 5.74) is 0. The lowest BCUT2D eigenvalue weighted by Gasteiger charge is -2.31. The number of carboxylic acid groups (broad SMARTS) is 1. The van der Waals surface area contributed by atoms with Gasteiger partial charge in [0.05, 0.1) is 0 Å². The van der Waals surface area contributed by atoms with Crippen LogP contribution < -0.4 is 0 Å². The maximum atomic E-state index is 11.5. The van der Waals surface area contributed by atoms with Crippen LogP contribution in [0.25, 0.3) is 0 Å². The molecule has 0 aromatic carbocycles. The normalized spacial score (nSPS) is 37.3. The van der Waals surface area contributed by atoms with Crippen LogP contribution in [-0.4, -0.2) is 21.1 Å². The van der Waals surface area contributed by atoms with E-state index in [1.807, 2.05) is 0 Å². The Kier molecular flexibility index (Phi) is 3.29. The molecule has 0 heterocycles. The van der Waals surface area contributed by atoms with Gasteiger partial charge in [0.1, 0.15) is 4.75 Å². The Bertz CT molecular complexity index is 248. The van der Waals surface area contributed by atoms with Crippen LogP contribution in [0.3, 0.4) is 0 Å². The molecule has 2 atom stereocenters. The summed E-state index contributed by atoms with van der Waals surface area (Å²) < 4.78 is -0.449. The zero-order chi connectivity index (χ0) is 10.9. The fraction of sp³-hybridized carbons (Fsp3) is 0.917. The molecule has 86 valence electrons. The lowest BCUT2D eigenvalue weighted by atomic mass is 9.97. The first-order chi connectivity index (χ1) is 7.15. The summed E-state index contributed by atoms with van der Waals surface area (Å²) in [6, 6.07) is 0. The quantitative estimate of drug-likeness (QED) is 0.805. The highest BCUT2D eigenvalue weighted by Gasteiger charge is 2.49. The lowest BCUT2D eigenvalue weighted by Crippen LogP contribution is -2.39. The van der Waals surface area contributed by atoms with Gasteiger partial charge in [-0.05, 0) is 31.6 Å². The van der Waals surface area contributed by atoms with Crippen molar-refractivity contribution < 1.29 is 9.90 Å². The molecule has 2 rings (SSSR count). The first-order valence-corrected chi connectivity index (χ1v) is 6.94. The van der Waals surface area contributed by atoms with E-state index in [4.69, 9.17) is 0 Å². The van der Waals surface area contributed by atoms with Crippen molar-refractivity contribution in [3.8, 4) is 0 Å². The van der Waals surface area contributed by atoms with Crippen molar-refractivity contribution in [1.82, 2.24) is 0 Å². The fourth-order valence-electron chi connectivity index (χ4n) is 3.00. The Labute approximate surface area is 95.8 Å². The zero-order valence-electron chi connectivity index (χ0n) is 9.37. The molecule has 2 fully saturated rings. The molecular formula is C12H20O2S. The van der Waals surface area contributed by atoms with Crippen molar-refractivity contribution >= 4 is 17.7 Å². The van der Waals surface area contributed by atoms with Crippen molar-refractivity contribution in [3.05, 3.63) is 0 Å². The van der Waals surface area contributed by atoms with Gasteiger partial charge in [0.2, 0.25) is 0 Å².